The highest BCUT2D eigenvalue weighted by atomic mass is 19.1. The van der Waals surface area contributed by atoms with Crippen LogP contribution in [0.3, 0.4) is 0 Å². The Hall–Kier alpha value is -3.02. The Morgan fingerprint density at radius 2 is 1.90 bits per heavy atom. The Bertz CT molecular complexity index is 1140. The zero-order valence-electron chi connectivity index (χ0n) is 18.5. The molecule has 4 rings (SSSR count). The van der Waals surface area contributed by atoms with Gasteiger partial charge in [-0.25, -0.2) is 13.9 Å². The number of fused-ring (bicyclic) bond motifs is 1. The second kappa shape index (κ2) is 9.00. The van der Waals surface area contributed by atoms with Crippen LogP contribution in [0.25, 0.3) is 16.8 Å². The zero-order chi connectivity index (χ0) is 22.0. The minimum Gasteiger partial charge on any atom is -0.355 e. The lowest BCUT2D eigenvalue weighted by molar-refractivity contribution is -0.120. The molecule has 6 heteroatoms. The molecule has 0 atom stereocenters. The van der Waals surface area contributed by atoms with E-state index >= 15 is 0 Å². The molecule has 31 heavy (non-hydrogen) atoms. The summed E-state index contributed by atoms with van der Waals surface area (Å²) in [5.41, 5.74) is 7.40. The monoisotopic (exact) mass is 420 g/mol. The van der Waals surface area contributed by atoms with Gasteiger partial charge in [0.25, 0.3) is 0 Å². The molecule has 0 bridgehead atoms. The summed E-state index contributed by atoms with van der Waals surface area (Å²) in [7, 11) is 0. The summed E-state index contributed by atoms with van der Waals surface area (Å²) < 4.78 is 15.2. The predicted octanol–water partition coefficient (Wildman–Crippen LogP) is 5.01. The van der Waals surface area contributed by atoms with Gasteiger partial charge in [0.1, 0.15) is 5.82 Å². The maximum absolute atomic E-state index is 13.4. The molecule has 1 aliphatic carbocycles. The summed E-state index contributed by atoms with van der Waals surface area (Å²) in [6, 6.07) is 6.38. The fourth-order valence-electron chi connectivity index (χ4n) is 4.40. The third kappa shape index (κ3) is 4.53. The molecule has 2 aromatic heterocycles. The van der Waals surface area contributed by atoms with Gasteiger partial charge in [-0.2, -0.15) is 5.10 Å². The van der Waals surface area contributed by atoms with Crippen molar-refractivity contribution >= 4 is 11.6 Å². The van der Waals surface area contributed by atoms with Crippen molar-refractivity contribution < 1.29 is 9.18 Å². The van der Waals surface area contributed by atoms with E-state index in [9.17, 15) is 9.18 Å². The van der Waals surface area contributed by atoms with Gasteiger partial charge < -0.3 is 5.32 Å². The van der Waals surface area contributed by atoms with E-state index in [0.717, 1.165) is 58.7 Å². The molecular weight excluding hydrogens is 391 g/mol. The lowest BCUT2D eigenvalue weighted by atomic mass is 9.97. The molecule has 1 N–H and O–H groups in total. The molecule has 0 radical (unpaired) electrons. The predicted molar refractivity (Wildman–Crippen MR) is 120 cm³/mol. The van der Waals surface area contributed by atoms with Crippen molar-refractivity contribution in [3.8, 4) is 11.1 Å². The first-order valence-electron chi connectivity index (χ1n) is 11.0. The van der Waals surface area contributed by atoms with Crippen LogP contribution in [0.1, 0.15) is 54.7 Å². The molecule has 2 heterocycles. The first kappa shape index (κ1) is 21.2. The third-order valence-electron chi connectivity index (χ3n) is 6.12. The van der Waals surface area contributed by atoms with Gasteiger partial charge in [0, 0.05) is 29.1 Å². The fraction of sp³-hybridized carbons (Fsp3) is 0.400. The number of allylic oxidation sites excluding steroid dienone is 1. The molecule has 0 fully saturated rings. The van der Waals surface area contributed by atoms with Gasteiger partial charge in [0.2, 0.25) is 5.91 Å². The van der Waals surface area contributed by atoms with Crippen molar-refractivity contribution in [3.63, 3.8) is 0 Å². The Morgan fingerprint density at radius 3 is 2.61 bits per heavy atom. The highest BCUT2D eigenvalue weighted by molar-refractivity contribution is 5.82. The molecule has 0 spiro atoms. The molecule has 1 amide bonds. The topological polar surface area (TPSA) is 59.3 Å². The Labute approximate surface area is 182 Å². The maximum Gasteiger partial charge on any atom is 0.224 e. The molecular formula is C25H29FN4O. The number of rotatable bonds is 6. The molecule has 0 aliphatic heterocycles. The van der Waals surface area contributed by atoms with Gasteiger partial charge >= 0.3 is 0 Å². The number of benzene rings is 1. The average Bonchev–Trinajstić information content (AvgIpc) is 3.08. The van der Waals surface area contributed by atoms with E-state index in [1.807, 2.05) is 20.8 Å². The van der Waals surface area contributed by atoms with Crippen molar-refractivity contribution in [1.29, 1.82) is 0 Å². The molecule has 3 aromatic rings. The number of carbonyl (C=O) groups excluding carboxylic acids is 1. The van der Waals surface area contributed by atoms with Gasteiger partial charge in [-0.3, -0.25) is 4.79 Å². The summed E-state index contributed by atoms with van der Waals surface area (Å²) in [6.07, 6.45) is 8.39. The van der Waals surface area contributed by atoms with Crippen LogP contribution in [0.5, 0.6) is 0 Å². The summed E-state index contributed by atoms with van der Waals surface area (Å²) in [5.74, 6) is -0.266. The van der Waals surface area contributed by atoms with Gasteiger partial charge in [-0.05, 0) is 70.6 Å². The molecule has 0 saturated carbocycles. The standard InChI is InChI=1S/C25H29FN4O/c1-16-22(15-23(31)27-14-13-19-7-5-4-6-8-19)18(3)30-25(28-16)24(17(2)29-30)20-9-11-21(26)12-10-20/h7,9-12H,4-6,8,13-15H2,1-3H3,(H,27,31). The van der Waals surface area contributed by atoms with E-state index in [1.54, 1.807) is 16.6 Å². The molecule has 0 unspecified atom stereocenters. The van der Waals surface area contributed by atoms with Crippen LogP contribution in [0.4, 0.5) is 4.39 Å². The van der Waals surface area contributed by atoms with E-state index in [-0.39, 0.29) is 18.1 Å². The van der Waals surface area contributed by atoms with Crippen molar-refractivity contribution in [3.05, 3.63) is 64.4 Å². The van der Waals surface area contributed by atoms with Crippen molar-refractivity contribution in [2.24, 2.45) is 0 Å². The fourth-order valence-corrected chi connectivity index (χ4v) is 4.40. The minimum absolute atomic E-state index is 0.00592. The molecule has 5 nitrogen and oxygen atoms in total. The maximum atomic E-state index is 13.4. The third-order valence-corrected chi connectivity index (χ3v) is 6.12. The summed E-state index contributed by atoms with van der Waals surface area (Å²) in [6.45, 7) is 6.50. The van der Waals surface area contributed by atoms with Crippen LogP contribution in [0, 0.1) is 26.6 Å². The lowest BCUT2D eigenvalue weighted by Gasteiger charge is -2.14. The van der Waals surface area contributed by atoms with Crippen molar-refractivity contribution in [2.75, 3.05) is 6.54 Å². The number of hydrogen-bond donors (Lipinski definition) is 1. The quantitative estimate of drug-likeness (QED) is 0.570. The summed E-state index contributed by atoms with van der Waals surface area (Å²) in [5, 5.41) is 7.72. The second-order valence-corrected chi connectivity index (χ2v) is 8.35. The van der Waals surface area contributed by atoms with Crippen molar-refractivity contribution in [1.82, 2.24) is 19.9 Å². The molecule has 0 saturated heterocycles. The van der Waals surface area contributed by atoms with Gasteiger partial charge in [-0.1, -0.05) is 23.8 Å². The number of amides is 1. The van der Waals surface area contributed by atoms with E-state index < -0.39 is 0 Å². The number of nitrogens with zero attached hydrogens (tertiary/aromatic N) is 3. The van der Waals surface area contributed by atoms with Crippen LogP contribution in [0.15, 0.2) is 35.9 Å². The number of nitrogens with one attached hydrogen (secondary N) is 1. The Balaban J connectivity index is 1.54. The summed E-state index contributed by atoms with van der Waals surface area (Å²) >= 11 is 0. The van der Waals surface area contributed by atoms with Gasteiger partial charge in [0.15, 0.2) is 5.65 Å². The smallest absolute Gasteiger partial charge is 0.224 e. The van der Waals surface area contributed by atoms with Crippen LogP contribution in [0.2, 0.25) is 0 Å². The van der Waals surface area contributed by atoms with E-state index in [1.165, 1.54) is 30.5 Å². The van der Waals surface area contributed by atoms with Crippen molar-refractivity contribution in [2.45, 2.75) is 59.3 Å². The van der Waals surface area contributed by atoms with Gasteiger partial charge in [-0.15, -0.1) is 0 Å². The lowest BCUT2D eigenvalue weighted by Crippen LogP contribution is -2.27. The van der Waals surface area contributed by atoms with Crippen LogP contribution in [-0.4, -0.2) is 27.0 Å². The molecule has 1 aliphatic rings. The summed E-state index contributed by atoms with van der Waals surface area (Å²) in [4.78, 5) is 17.4. The van der Waals surface area contributed by atoms with Crippen LogP contribution < -0.4 is 5.32 Å². The van der Waals surface area contributed by atoms with E-state index in [0.29, 0.717) is 6.54 Å². The number of aromatic nitrogens is 3. The first-order chi connectivity index (χ1) is 14.9. The average molecular weight is 421 g/mol. The van der Waals surface area contributed by atoms with Crippen LogP contribution >= 0.6 is 0 Å². The highest BCUT2D eigenvalue weighted by Crippen LogP contribution is 2.29. The number of aryl methyl sites for hydroxylation is 3. The number of hydrogen-bond acceptors (Lipinski definition) is 3. The second-order valence-electron chi connectivity index (χ2n) is 8.35. The number of carbonyl (C=O) groups is 1. The number of halogens is 1. The Morgan fingerprint density at radius 1 is 1.13 bits per heavy atom. The zero-order valence-corrected chi connectivity index (χ0v) is 18.5. The van der Waals surface area contributed by atoms with Gasteiger partial charge in [0.05, 0.1) is 12.1 Å². The molecule has 162 valence electrons. The van der Waals surface area contributed by atoms with Crippen LogP contribution in [-0.2, 0) is 11.2 Å². The SMILES string of the molecule is Cc1nc2c(-c3ccc(F)cc3)c(C)nn2c(C)c1CC(=O)NCCC1=CCCCC1. The van der Waals surface area contributed by atoms with E-state index in [4.69, 9.17) is 4.98 Å². The first-order valence-corrected chi connectivity index (χ1v) is 11.0. The largest absolute Gasteiger partial charge is 0.355 e. The van der Waals surface area contributed by atoms with E-state index in [2.05, 4.69) is 16.5 Å². The normalized spacial score (nSPS) is 14.0. The highest BCUT2D eigenvalue weighted by Gasteiger charge is 2.19. The Kier molecular flexibility index (Phi) is 6.16. The molecule has 1 aromatic carbocycles. The minimum atomic E-state index is -0.272.